The van der Waals surface area contributed by atoms with Crippen LogP contribution >= 0.6 is 0 Å². The first-order chi connectivity index (χ1) is 14.2. The van der Waals surface area contributed by atoms with Crippen molar-refractivity contribution in [3.8, 4) is 5.75 Å². The number of pyridine rings is 1. The third-order valence-electron chi connectivity index (χ3n) is 5.20. The molecule has 1 aliphatic heterocycles. The van der Waals surface area contributed by atoms with E-state index in [-0.39, 0.29) is 0 Å². The van der Waals surface area contributed by atoms with Gasteiger partial charge in [0.15, 0.2) is 5.96 Å². The molecule has 2 aromatic rings. The summed E-state index contributed by atoms with van der Waals surface area (Å²) in [7, 11) is 5.65. The van der Waals surface area contributed by atoms with Gasteiger partial charge in [-0.2, -0.15) is 0 Å². The van der Waals surface area contributed by atoms with Crippen molar-refractivity contribution in [1.29, 1.82) is 0 Å². The van der Waals surface area contributed by atoms with E-state index in [1.165, 1.54) is 5.56 Å². The van der Waals surface area contributed by atoms with E-state index in [1.807, 2.05) is 24.4 Å². The minimum Gasteiger partial charge on any atom is -0.496 e. The second kappa shape index (κ2) is 10.7. The van der Waals surface area contributed by atoms with Gasteiger partial charge in [0.05, 0.1) is 7.11 Å². The molecule has 7 nitrogen and oxygen atoms in total. The number of ether oxygens (including phenoxy) is 1. The maximum atomic E-state index is 5.41. The van der Waals surface area contributed by atoms with Gasteiger partial charge < -0.3 is 25.2 Å². The van der Waals surface area contributed by atoms with Crippen molar-refractivity contribution in [3.63, 3.8) is 0 Å². The fourth-order valence-corrected chi connectivity index (χ4v) is 3.38. The van der Waals surface area contributed by atoms with Crippen LogP contribution in [-0.4, -0.2) is 69.8 Å². The topological polar surface area (TPSA) is 65.0 Å². The predicted molar refractivity (Wildman–Crippen MR) is 119 cm³/mol. The molecule has 3 rings (SSSR count). The lowest BCUT2D eigenvalue weighted by Gasteiger charge is -2.33. The Hall–Kier alpha value is -2.80. The van der Waals surface area contributed by atoms with Gasteiger partial charge in [-0.15, -0.1) is 0 Å². The van der Waals surface area contributed by atoms with Crippen molar-refractivity contribution in [2.24, 2.45) is 4.99 Å². The Labute approximate surface area is 173 Å². The third kappa shape index (κ3) is 6.09. The van der Waals surface area contributed by atoms with Crippen LogP contribution in [0.4, 0.5) is 5.82 Å². The predicted octanol–water partition coefficient (Wildman–Crippen LogP) is 1.75. The molecule has 1 aromatic carbocycles. The number of nitrogens with zero attached hydrogens (tertiary/aromatic N) is 4. The van der Waals surface area contributed by atoms with Crippen molar-refractivity contribution >= 4 is 11.8 Å². The smallest absolute Gasteiger partial charge is 0.191 e. The summed E-state index contributed by atoms with van der Waals surface area (Å²) < 4.78 is 5.41. The fourth-order valence-electron chi connectivity index (χ4n) is 3.38. The Morgan fingerprint density at radius 1 is 1.10 bits per heavy atom. The number of likely N-dealkylation sites (N-methyl/N-ethyl adjacent to an activating group) is 1. The molecule has 1 aliphatic rings. The summed E-state index contributed by atoms with van der Waals surface area (Å²) in [5, 5.41) is 6.71. The highest BCUT2D eigenvalue weighted by molar-refractivity contribution is 5.79. The molecule has 0 atom stereocenters. The number of aromatic nitrogens is 1. The normalized spacial score (nSPS) is 15.3. The zero-order valence-corrected chi connectivity index (χ0v) is 17.7. The van der Waals surface area contributed by atoms with Gasteiger partial charge in [-0.1, -0.05) is 24.3 Å². The van der Waals surface area contributed by atoms with E-state index in [2.05, 4.69) is 55.7 Å². The maximum Gasteiger partial charge on any atom is 0.191 e. The van der Waals surface area contributed by atoms with Crippen LogP contribution in [0.25, 0.3) is 0 Å². The zero-order valence-electron chi connectivity index (χ0n) is 17.7. The summed E-state index contributed by atoms with van der Waals surface area (Å²) >= 11 is 0. The van der Waals surface area contributed by atoms with Crippen LogP contribution in [0.1, 0.15) is 11.1 Å². The van der Waals surface area contributed by atoms with E-state index in [0.717, 1.165) is 62.2 Å². The molecule has 1 saturated heterocycles. The first-order valence-corrected chi connectivity index (χ1v) is 10.1. The number of anilines is 1. The molecule has 0 aliphatic carbocycles. The lowest BCUT2D eigenvalue weighted by molar-refractivity contribution is 0.312. The highest BCUT2D eigenvalue weighted by Crippen LogP contribution is 2.17. The Morgan fingerprint density at radius 3 is 2.59 bits per heavy atom. The summed E-state index contributed by atoms with van der Waals surface area (Å²) in [6.45, 7) is 5.70. The highest BCUT2D eigenvalue weighted by atomic mass is 16.5. The Balaban J connectivity index is 1.44. The number of hydrogen-bond donors (Lipinski definition) is 2. The zero-order chi connectivity index (χ0) is 20.5. The van der Waals surface area contributed by atoms with E-state index < -0.39 is 0 Å². The minimum absolute atomic E-state index is 0.685. The number of hydrogen-bond acceptors (Lipinski definition) is 5. The number of piperazine rings is 1. The Morgan fingerprint density at radius 2 is 1.90 bits per heavy atom. The lowest BCUT2D eigenvalue weighted by Crippen LogP contribution is -2.44. The largest absolute Gasteiger partial charge is 0.496 e. The number of aliphatic imine (C=N–C) groups is 1. The monoisotopic (exact) mass is 396 g/mol. The lowest BCUT2D eigenvalue weighted by atomic mass is 10.1. The van der Waals surface area contributed by atoms with E-state index >= 15 is 0 Å². The first kappa shape index (κ1) is 20.9. The molecule has 0 unspecified atom stereocenters. The quantitative estimate of drug-likeness (QED) is 0.549. The van der Waals surface area contributed by atoms with Crippen molar-refractivity contribution in [1.82, 2.24) is 20.5 Å². The van der Waals surface area contributed by atoms with Crippen molar-refractivity contribution < 1.29 is 4.74 Å². The molecular formula is C22H32N6O. The molecule has 29 heavy (non-hydrogen) atoms. The molecular weight excluding hydrogens is 364 g/mol. The molecule has 0 bridgehead atoms. The molecule has 0 amide bonds. The first-order valence-electron chi connectivity index (χ1n) is 10.1. The van der Waals surface area contributed by atoms with Crippen molar-refractivity contribution in [2.75, 3.05) is 58.8 Å². The van der Waals surface area contributed by atoms with E-state index in [4.69, 9.17) is 4.74 Å². The van der Waals surface area contributed by atoms with E-state index in [0.29, 0.717) is 6.54 Å². The fraction of sp³-hybridized carbons (Fsp3) is 0.455. The van der Waals surface area contributed by atoms with Gasteiger partial charge in [0, 0.05) is 52.5 Å². The molecule has 1 aromatic heterocycles. The Bertz CT molecular complexity index is 784. The third-order valence-corrected chi connectivity index (χ3v) is 5.20. The van der Waals surface area contributed by atoms with E-state index in [9.17, 15) is 0 Å². The van der Waals surface area contributed by atoms with Crippen LogP contribution in [0, 0.1) is 0 Å². The summed E-state index contributed by atoms with van der Waals surface area (Å²) in [6.07, 6.45) is 2.81. The van der Waals surface area contributed by atoms with Gasteiger partial charge in [-0.3, -0.25) is 4.99 Å². The molecule has 7 heteroatoms. The van der Waals surface area contributed by atoms with Gasteiger partial charge >= 0.3 is 0 Å². The Kier molecular flexibility index (Phi) is 7.69. The average molecular weight is 397 g/mol. The average Bonchev–Trinajstić information content (AvgIpc) is 2.77. The van der Waals surface area contributed by atoms with Gasteiger partial charge in [0.25, 0.3) is 0 Å². The number of guanidine groups is 1. The van der Waals surface area contributed by atoms with Crippen LogP contribution in [0.2, 0.25) is 0 Å². The summed E-state index contributed by atoms with van der Waals surface area (Å²) in [5.74, 6) is 2.76. The van der Waals surface area contributed by atoms with Gasteiger partial charge in [0.1, 0.15) is 11.6 Å². The highest BCUT2D eigenvalue weighted by Gasteiger charge is 2.14. The van der Waals surface area contributed by atoms with Gasteiger partial charge in [-0.05, 0) is 36.7 Å². The molecule has 0 radical (unpaired) electrons. The number of para-hydroxylation sites is 1. The molecule has 1 fully saturated rings. The van der Waals surface area contributed by atoms with Crippen LogP contribution in [0.15, 0.2) is 47.6 Å². The van der Waals surface area contributed by atoms with Gasteiger partial charge in [0.2, 0.25) is 0 Å². The standard InChI is InChI=1S/C22H32N6O/c1-23-22(24-11-10-19-6-4-5-7-20(19)29-3)26-17-18-8-9-21(25-16-18)28-14-12-27(2)13-15-28/h4-9,16H,10-15,17H2,1-3H3,(H2,23,24,26). The second-order valence-electron chi connectivity index (χ2n) is 7.23. The van der Waals surface area contributed by atoms with Crippen LogP contribution < -0.4 is 20.3 Å². The number of methoxy groups -OCH3 is 1. The molecule has 2 N–H and O–H groups in total. The van der Waals surface area contributed by atoms with Crippen LogP contribution in [-0.2, 0) is 13.0 Å². The number of nitrogens with one attached hydrogen (secondary N) is 2. The molecule has 0 saturated carbocycles. The molecule has 2 heterocycles. The summed E-state index contributed by atoms with van der Waals surface area (Å²) in [4.78, 5) is 13.6. The summed E-state index contributed by atoms with van der Waals surface area (Å²) in [6, 6.07) is 12.3. The van der Waals surface area contributed by atoms with Crippen molar-refractivity contribution in [2.45, 2.75) is 13.0 Å². The minimum atomic E-state index is 0.685. The van der Waals surface area contributed by atoms with Crippen LogP contribution in [0.3, 0.4) is 0 Å². The van der Waals surface area contributed by atoms with Gasteiger partial charge in [-0.25, -0.2) is 4.98 Å². The molecule has 156 valence electrons. The number of benzene rings is 1. The number of rotatable bonds is 7. The van der Waals surface area contributed by atoms with E-state index in [1.54, 1.807) is 14.2 Å². The second-order valence-corrected chi connectivity index (χ2v) is 7.23. The van der Waals surface area contributed by atoms with Crippen LogP contribution in [0.5, 0.6) is 5.75 Å². The SMILES string of the molecule is CN=C(NCCc1ccccc1OC)NCc1ccc(N2CCN(C)CC2)nc1. The van der Waals surface area contributed by atoms with Crippen molar-refractivity contribution in [3.05, 3.63) is 53.7 Å². The maximum absolute atomic E-state index is 5.41. The molecule has 0 spiro atoms. The summed E-state index contributed by atoms with van der Waals surface area (Å²) in [5.41, 5.74) is 2.32.